The minimum atomic E-state index is -0.229. The molecule has 2 heterocycles. The molecule has 0 aliphatic carbocycles. The smallest absolute Gasteiger partial charge is 0.253 e. The molecule has 0 bridgehead atoms. The molecule has 1 fully saturated rings. The second-order valence-corrected chi connectivity index (χ2v) is 9.09. The Kier molecular flexibility index (Phi) is 7.20. The van der Waals surface area contributed by atoms with E-state index >= 15 is 0 Å². The molecule has 3 rings (SSSR count). The molecule has 166 valence electrons. The summed E-state index contributed by atoms with van der Waals surface area (Å²) in [6, 6.07) is 5.90. The Balaban J connectivity index is 1.72. The highest BCUT2D eigenvalue weighted by molar-refractivity contribution is 9.10. The summed E-state index contributed by atoms with van der Waals surface area (Å²) in [5.41, 5.74) is 4.33. The van der Waals surface area contributed by atoms with Gasteiger partial charge in [0.15, 0.2) is 0 Å². The number of aromatic amines is 1. The van der Waals surface area contributed by atoms with E-state index in [1.54, 1.807) is 13.0 Å². The van der Waals surface area contributed by atoms with Crippen LogP contribution in [0.25, 0.3) is 0 Å². The van der Waals surface area contributed by atoms with Crippen molar-refractivity contribution in [1.82, 2.24) is 15.2 Å². The van der Waals surface area contributed by atoms with Crippen LogP contribution in [0.3, 0.4) is 0 Å². The van der Waals surface area contributed by atoms with Crippen LogP contribution in [0.15, 0.2) is 27.5 Å². The van der Waals surface area contributed by atoms with Gasteiger partial charge < -0.3 is 20.5 Å². The molecule has 31 heavy (non-hydrogen) atoms. The number of hydrogen-bond donors (Lipinski definition) is 3. The van der Waals surface area contributed by atoms with Crippen LogP contribution < -0.4 is 16.2 Å². The van der Waals surface area contributed by atoms with Crippen molar-refractivity contribution in [3.63, 3.8) is 0 Å². The van der Waals surface area contributed by atoms with E-state index in [1.807, 2.05) is 37.8 Å². The molecule has 2 aromatic rings. The number of amides is 2. The normalized spacial score (nSPS) is 14.4. The Morgan fingerprint density at radius 3 is 2.45 bits per heavy atom. The number of pyridine rings is 1. The van der Waals surface area contributed by atoms with Gasteiger partial charge in [-0.15, -0.1) is 0 Å². The van der Waals surface area contributed by atoms with Crippen LogP contribution in [0, 0.1) is 20.8 Å². The molecule has 8 heteroatoms. The summed E-state index contributed by atoms with van der Waals surface area (Å²) in [6.07, 6.45) is 1.73. The average Bonchev–Trinajstić information content (AvgIpc) is 2.69. The Morgan fingerprint density at radius 2 is 1.84 bits per heavy atom. The van der Waals surface area contributed by atoms with Crippen LogP contribution in [0.2, 0.25) is 0 Å². The molecule has 1 aliphatic heterocycles. The summed E-state index contributed by atoms with van der Waals surface area (Å²) in [4.78, 5) is 41.3. The van der Waals surface area contributed by atoms with Crippen molar-refractivity contribution in [2.24, 2.45) is 0 Å². The first kappa shape index (κ1) is 23.1. The van der Waals surface area contributed by atoms with E-state index in [2.05, 4.69) is 31.5 Å². The minimum absolute atomic E-state index is 0.110. The van der Waals surface area contributed by atoms with Gasteiger partial charge in [0, 0.05) is 59.6 Å². The van der Waals surface area contributed by atoms with Crippen LogP contribution in [0.5, 0.6) is 0 Å². The Hall–Kier alpha value is -2.61. The number of aryl methyl sites for hydroxylation is 2. The zero-order valence-corrected chi connectivity index (χ0v) is 20.0. The molecule has 1 aromatic heterocycles. The maximum Gasteiger partial charge on any atom is 0.253 e. The van der Waals surface area contributed by atoms with Gasteiger partial charge in [0.1, 0.15) is 0 Å². The fraction of sp³-hybridized carbons (Fsp3) is 0.435. The molecule has 0 radical (unpaired) electrons. The Morgan fingerprint density at radius 1 is 1.16 bits per heavy atom. The standard InChI is InChI=1S/C23H29BrN4O3/c1-13-9-14(2)26-23(31)20(13)12-25-22(30)19-10-17(24)11-21(15(19)3)27-18-5-7-28(8-6-18)16(4)29/h9-11,18,27H,5-8,12H2,1-4H3,(H,25,30)(H,26,31). The van der Waals surface area contributed by atoms with Gasteiger partial charge in [-0.1, -0.05) is 15.9 Å². The summed E-state index contributed by atoms with van der Waals surface area (Å²) in [6.45, 7) is 8.85. The largest absolute Gasteiger partial charge is 0.382 e. The van der Waals surface area contributed by atoms with E-state index in [4.69, 9.17) is 0 Å². The van der Waals surface area contributed by atoms with E-state index in [1.165, 1.54) is 0 Å². The van der Waals surface area contributed by atoms with Crippen molar-refractivity contribution in [2.75, 3.05) is 18.4 Å². The highest BCUT2D eigenvalue weighted by Crippen LogP contribution is 2.27. The minimum Gasteiger partial charge on any atom is -0.382 e. The topological polar surface area (TPSA) is 94.3 Å². The van der Waals surface area contributed by atoms with Crippen molar-refractivity contribution >= 4 is 33.4 Å². The number of likely N-dealkylation sites (tertiary alicyclic amines) is 1. The maximum absolute atomic E-state index is 12.9. The molecule has 7 nitrogen and oxygen atoms in total. The van der Waals surface area contributed by atoms with Crippen LogP contribution in [-0.4, -0.2) is 40.8 Å². The van der Waals surface area contributed by atoms with Gasteiger partial charge in [0.2, 0.25) is 5.91 Å². The highest BCUT2D eigenvalue weighted by Gasteiger charge is 2.22. The first-order valence-electron chi connectivity index (χ1n) is 10.5. The highest BCUT2D eigenvalue weighted by atomic mass is 79.9. The number of nitrogens with one attached hydrogen (secondary N) is 3. The molecular formula is C23H29BrN4O3. The zero-order valence-electron chi connectivity index (χ0n) is 18.4. The fourth-order valence-corrected chi connectivity index (χ4v) is 4.45. The van der Waals surface area contributed by atoms with Crippen LogP contribution >= 0.6 is 15.9 Å². The van der Waals surface area contributed by atoms with Gasteiger partial charge in [0.05, 0.1) is 0 Å². The second-order valence-electron chi connectivity index (χ2n) is 8.18. The predicted molar refractivity (Wildman–Crippen MR) is 125 cm³/mol. The quantitative estimate of drug-likeness (QED) is 0.600. The van der Waals surface area contributed by atoms with Gasteiger partial charge in [-0.2, -0.15) is 0 Å². The second kappa shape index (κ2) is 9.68. The van der Waals surface area contributed by atoms with Gasteiger partial charge in [-0.25, -0.2) is 0 Å². The molecule has 0 atom stereocenters. The third-order valence-corrected chi connectivity index (χ3v) is 6.29. The lowest BCUT2D eigenvalue weighted by atomic mass is 10.0. The Labute approximate surface area is 190 Å². The van der Waals surface area contributed by atoms with E-state index < -0.39 is 0 Å². The van der Waals surface area contributed by atoms with E-state index in [0.717, 1.165) is 52.9 Å². The fourth-order valence-electron chi connectivity index (χ4n) is 3.99. The number of carbonyl (C=O) groups is 2. The third-order valence-electron chi connectivity index (χ3n) is 5.84. The average molecular weight is 489 g/mol. The summed E-state index contributed by atoms with van der Waals surface area (Å²) in [5.74, 6) is -0.119. The summed E-state index contributed by atoms with van der Waals surface area (Å²) >= 11 is 3.51. The summed E-state index contributed by atoms with van der Waals surface area (Å²) in [5, 5.41) is 6.42. The van der Waals surface area contributed by atoms with Crippen molar-refractivity contribution in [3.8, 4) is 0 Å². The van der Waals surface area contributed by atoms with Crippen LogP contribution in [0.4, 0.5) is 5.69 Å². The van der Waals surface area contributed by atoms with Gasteiger partial charge in [-0.05, 0) is 62.9 Å². The van der Waals surface area contributed by atoms with E-state index in [0.29, 0.717) is 11.1 Å². The summed E-state index contributed by atoms with van der Waals surface area (Å²) in [7, 11) is 0. The third kappa shape index (κ3) is 5.55. The van der Waals surface area contributed by atoms with Crippen molar-refractivity contribution in [2.45, 2.75) is 53.1 Å². The number of H-pyrrole nitrogens is 1. The van der Waals surface area contributed by atoms with Crippen molar-refractivity contribution in [3.05, 3.63) is 61.0 Å². The number of hydrogen-bond acceptors (Lipinski definition) is 4. The first-order chi connectivity index (χ1) is 14.7. The molecule has 3 N–H and O–H groups in total. The number of piperidine rings is 1. The molecule has 0 spiro atoms. The first-order valence-corrected chi connectivity index (χ1v) is 11.2. The molecule has 1 saturated heterocycles. The van der Waals surface area contributed by atoms with Gasteiger partial charge in [0.25, 0.3) is 11.5 Å². The van der Waals surface area contributed by atoms with Gasteiger partial charge in [-0.3, -0.25) is 14.4 Å². The molecule has 0 unspecified atom stereocenters. The SMILES string of the molecule is CC(=O)N1CCC(Nc2cc(Br)cc(C(=O)NCc3c(C)cc(C)[nH]c3=O)c2C)CC1. The van der Waals surface area contributed by atoms with Crippen molar-refractivity contribution in [1.29, 1.82) is 0 Å². The monoisotopic (exact) mass is 488 g/mol. The molecule has 2 amide bonds. The number of carbonyl (C=O) groups excluding carboxylic acids is 2. The van der Waals surface area contributed by atoms with Crippen LogP contribution in [-0.2, 0) is 11.3 Å². The predicted octanol–water partition coefficient (Wildman–Crippen LogP) is 3.42. The van der Waals surface area contributed by atoms with E-state index in [-0.39, 0.29) is 30.0 Å². The Bertz CT molecular complexity index is 1060. The van der Waals surface area contributed by atoms with Gasteiger partial charge >= 0.3 is 0 Å². The lowest BCUT2D eigenvalue weighted by molar-refractivity contribution is -0.129. The van der Waals surface area contributed by atoms with E-state index in [9.17, 15) is 14.4 Å². The maximum atomic E-state index is 12.9. The summed E-state index contributed by atoms with van der Waals surface area (Å²) < 4.78 is 0.802. The number of benzene rings is 1. The number of anilines is 1. The molecule has 0 saturated carbocycles. The number of aromatic nitrogens is 1. The van der Waals surface area contributed by atoms with Crippen LogP contribution in [0.1, 0.15) is 52.5 Å². The number of rotatable bonds is 5. The van der Waals surface area contributed by atoms with Crippen molar-refractivity contribution < 1.29 is 9.59 Å². The zero-order chi connectivity index (χ0) is 22.7. The molecule has 1 aromatic carbocycles. The number of nitrogens with zero attached hydrogens (tertiary/aromatic N) is 1. The molecular weight excluding hydrogens is 460 g/mol. The lowest BCUT2D eigenvalue weighted by Gasteiger charge is -2.32. The molecule has 1 aliphatic rings. The number of halogens is 1. The lowest BCUT2D eigenvalue weighted by Crippen LogP contribution is -2.41.